The first-order chi connectivity index (χ1) is 16.0. The molecular formula is C26H29NO6. The largest absolute Gasteiger partial charge is 0.497 e. The van der Waals surface area contributed by atoms with E-state index in [2.05, 4.69) is 5.32 Å². The molecule has 1 N–H and O–H groups in total. The van der Waals surface area contributed by atoms with E-state index in [1.807, 2.05) is 30.3 Å². The number of carbonyl (C=O) groups excluding carboxylic acids is 3. The average Bonchev–Trinajstić information content (AvgIpc) is 3.34. The first-order valence-corrected chi connectivity index (χ1v) is 11.1. The molecule has 0 saturated heterocycles. The molecule has 1 amide bonds. The minimum Gasteiger partial charge on any atom is -0.497 e. The van der Waals surface area contributed by atoms with Crippen LogP contribution in [0.15, 0.2) is 60.7 Å². The predicted octanol–water partition coefficient (Wildman–Crippen LogP) is 3.81. The maximum absolute atomic E-state index is 12.7. The van der Waals surface area contributed by atoms with Gasteiger partial charge < -0.3 is 19.5 Å². The summed E-state index contributed by atoms with van der Waals surface area (Å²) in [5.41, 5.74) is 1.60. The number of esters is 2. The quantitative estimate of drug-likeness (QED) is 0.436. The van der Waals surface area contributed by atoms with E-state index < -0.39 is 23.9 Å². The number of carbonyl (C=O) groups is 3. The van der Waals surface area contributed by atoms with E-state index in [1.165, 1.54) is 6.08 Å². The van der Waals surface area contributed by atoms with Crippen LogP contribution in [0.3, 0.4) is 0 Å². The average molecular weight is 452 g/mol. The van der Waals surface area contributed by atoms with E-state index in [4.69, 9.17) is 14.2 Å². The Morgan fingerprint density at radius 1 is 1.03 bits per heavy atom. The van der Waals surface area contributed by atoms with Crippen molar-refractivity contribution in [2.45, 2.75) is 50.9 Å². The lowest BCUT2D eigenvalue weighted by Gasteiger charge is -2.18. The minimum absolute atomic E-state index is 0.00667. The summed E-state index contributed by atoms with van der Waals surface area (Å²) >= 11 is 0. The fourth-order valence-electron chi connectivity index (χ4n) is 3.53. The fraction of sp³-hybridized carbons (Fsp3) is 0.346. The lowest BCUT2D eigenvalue weighted by Crippen LogP contribution is -2.43. The van der Waals surface area contributed by atoms with Gasteiger partial charge in [-0.3, -0.25) is 9.59 Å². The molecule has 1 aliphatic rings. The highest BCUT2D eigenvalue weighted by atomic mass is 16.5. The second-order valence-corrected chi connectivity index (χ2v) is 7.86. The SMILES string of the molecule is COc1ccc(COC(=O)[C@H](CC(=O)OC2CCCC2)NC(=O)C=Cc2ccccc2)cc1. The Balaban J connectivity index is 1.61. The maximum atomic E-state index is 12.7. The van der Waals surface area contributed by atoms with Crippen LogP contribution in [0, 0.1) is 0 Å². The first kappa shape index (κ1) is 24.0. The van der Waals surface area contributed by atoms with Crippen molar-refractivity contribution in [1.29, 1.82) is 0 Å². The van der Waals surface area contributed by atoms with Crippen LogP contribution in [0.4, 0.5) is 0 Å². The summed E-state index contributed by atoms with van der Waals surface area (Å²) in [6.07, 6.45) is 6.23. The second kappa shape index (κ2) is 12.4. The molecule has 7 heteroatoms. The van der Waals surface area contributed by atoms with Gasteiger partial charge in [0.05, 0.1) is 13.5 Å². The molecular weight excluding hydrogens is 422 g/mol. The number of amides is 1. The highest BCUT2D eigenvalue weighted by Crippen LogP contribution is 2.21. The summed E-state index contributed by atoms with van der Waals surface area (Å²) in [5.74, 6) is -1.04. The number of rotatable bonds is 10. The van der Waals surface area contributed by atoms with E-state index in [9.17, 15) is 14.4 Å². The van der Waals surface area contributed by atoms with Gasteiger partial charge in [-0.25, -0.2) is 4.79 Å². The Labute approximate surface area is 193 Å². The van der Waals surface area contributed by atoms with Crippen LogP contribution in [0.1, 0.15) is 43.2 Å². The number of methoxy groups -OCH3 is 1. The lowest BCUT2D eigenvalue weighted by atomic mass is 10.2. The number of benzene rings is 2. The van der Waals surface area contributed by atoms with Gasteiger partial charge in [-0.1, -0.05) is 42.5 Å². The zero-order chi connectivity index (χ0) is 23.5. The standard InChI is InChI=1S/C26H29NO6/c1-31-21-14-11-20(12-15-21)18-32-26(30)23(17-25(29)33-22-9-5-6-10-22)27-24(28)16-13-19-7-3-2-4-8-19/h2-4,7-8,11-16,22-23H,5-6,9-10,17-18H2,1H3,(H,27,28)/t23-/m0/s1. The molecule has 1 aliphatic carbocycles. The smallest absolute Gasteiger partial charge is 0.329 e. The van der Waals surface area contributed by atoms with Crippen molar-refractivity contribution in [3.05, 3.63) is 71.8 Å². The van der Waals surface area contributed by atoms with E-state index in [0.29, 0.717) is 5.75 Å². The van der Waals surface area contributed by atoms with E-state index >= 15 is 0 Å². The molecule has 174 valence electrons. The van der Waals surface area contributed by atoms with E-state index in [0.717, 1.165) is 36.8 Å². The van der Waals surface area contributed by atoms with Crippen LogP contribution < -0.4 is 10.1 Å². The number of hydrogen-bond acceptors (Lipinski definition) is 6. The zero-order valence-corrected chi connectivity index (χ0v) is 18.7. The first-order valence-electron chi connectivity index (χ1n) is 11.1. The van der Waals surface area contributed by atoms with E-state index in [-0.39, 0.29) is 19.1 Å². The summed E-state index contributed by atoms with van der Waals surface area (Å²) in [4.78, 5) is 37.6. The molecule has 0 heterocycles. The van der Waals surface area contributed by atoms with Gasteiger partial charge in [-0.05, 0) is 55.0 Å². The summed E-state index contributed by atoms with van der Waals surface area (Å²) in [6.45, 7) is 0.00667. The van der Waals surface area contributed by atoms with Crippen molar-refractivity contribution in [3.8, 4) is 5.75 Å². The molecule has 33 heavy (non-hydrogen) atoms. The second-order valence-electron chi connectivity index (χ2n) is 7.86. The molecule has 0 aromatic heterocycles. The molecule has 3 rings (SSSR count). The third kappa shape index (κ3) is 8.11. The predicted molar refractivity (Wildman–Crippen MR) is 123 cm³/mol. The summed E-state index contributed by atoms with van der Waals surface area (Å²) in [5, 5.41) is 2.58. The van der Waals surface area contributed by atoms with Gasteiger partial charge in [0.1, 0.15) is 24.5 Å². The van der Waals surface area contributed by atoms with Crippen molar-refractivity contribution in [1.82, 2.24) is 5.32 Å². The molecule has 0 unspecified atom stereocenters. The normalized spacial score (nSPS) is 14.6. The van der Waals surface area contributed by atoms with Crippen LogP contribution in [0.5, 0.6) is 5.75 Å². The molecule has 1 fully saturated rings. The molecule has 2 aromatic carbocycles. The minimum atomic E-state index is -1.15. The van der Waals surface area contributed by atoms with Crippen LogP contribution >= 0.6 is 0 Å². The van der Waals surface area contributed by atoms with Crippen molar-refractivity contribution < 1.29 is 28.6 Å². The fourth-order valence-corrected chi connectivity index (χ4v) is 3.53. The molecule has 2 aromatic rings. The molecule has 0 bridgehead atoms. The Kier molecular flexibility index (Phi) is 9.06. The van der Waals surface area contributed by atoms with Crippen molar-refractivity contribution in [3.63, 3.8) is 0 Å². The molecule has 0 aliphatic heterocycles. The number of ether oxygens (including phenoxy) is 3. The Morgan fingerprint density at radius 3 is 2.39 bits per heavy atom. The topological polar surface area (TPSA) is 90.9 Å². The molecule has 1 atom stereocenters. The van der Waals surface area contributed by atoms with Crippen molar-refractivity contribution >= 4 is 23.9 Å². The van der Waals surface area contributed by atoms with Gasteiger partial charge >= 0.3 is 11.9 Å². The summed E-state index contributed by atoms with van der Waals surface area (Å²) in [6, 6.07) is 15.2. The molecule has 0 spiro atoms. The van der Waals surface area contributed by atoms with Crippen molar-refractivity contribution in [2.24, 2.45) is 0 Å². The number of nitrogens with one attached hydrogen (secondary N) is 1. The van der Waals surface area contributed by atoms with Crippen LogP contribution in [-0.4, -0.2) is 37.1 Å². The van der Waals surface area contributed by atoms with E-state index in [1.54, 1.807) is 37.5 Å². The lowest BCUT2D eigenvalue weighted by molar-refractivity contribution is -0.156. The van der Waals surface area contributed by atoms with Crippen LogP contribution in [-0.2, 0) is 30.5 Å². The summed E-state index contributed by atoms with van der Waals surface area (Å²) < 4.78 is 15.9. The highest BCUT2D eigenvalue weighted by molar-refractivity contribution is 5.95. The third-order valence-corrected chi connectivity index (χ3v) is 5.34. The summed E-state index contributed by atoms with van der Waals surface area (Å²) in [7, 11) is 1.57. The van der Waals surface area contributed by atoms with Gasteiger partial charge in [0, 0.05) is 6.08 Å². The van der Waals surface area contributed by atoms with Gasteiger partial charge in [-0.15, -0.1) is 0 Å². The molecule has 1 saturated carbocycles. The monoisotopic (exact) mass is 451 g/mol. The molecule has 0 radical (unpaired) electrons. The highest BCUT2D eigenvalue weighted by Gasteiger charge is 2.28. The zero-order valence-electron chi connectivity index (χ0n) is 18.7. The maximum Gasteiger partial charge on any atom is 0.329 e. The van der Waals surface area contributed by atoms with Gasteiger partial charge in [0.15, 0.2) is 0 Å². The Hall–Kier alpha value is -3.61. The third-order valence-electron chi connectivity index (χ3n) is 5.34. The van der Waals surface area contributed by atoms with Crippen LogP contribution in [0.2, 0.25) is 0 Å². The van der Waals surface area contributed by atoms with Crippen molar-refractivity contribution in [2.75, 3.05) is 7.11 Å². The Morgan fingerprint density at radius 2 is 1.73 bits per heavy atom. The van der Waals surface area contributed by atoms with Gasteiger partial charge in [-0.2, -0.15) is 0 Å². The van der Waals surface area contributed by atoms with Gasteiger partial charge in [0.2, 0.25) is 5.91 Å². The number of hydrogen-bond donors (Lipinski definition) is 1. The van der Waals surface area contributed by atoms with Crippen LogP contribution in [0.25, 0.3) is 6.08 Å². The van der Waals surface area contributed by atoms with Gasteiger partial charge in [0.25, 0.3) is 0 Å². The Bertz CT molecular complexity index is 949. The molecule has 7 nitrogen and oxygen atoms in total.